The van der Waals surface area contributed by atoms with Crippen LogP contribution in [-0.2, 0) is 6.54 Å². The smallest absolute Gasteiger partial charge is 0.330 e. The number of amides is 2. The molecule has 0 bridgehead atoms. The van der Waals surface area contributed by atoms with E-state index in [0.29, 0.717) is 22.9 Å². The summed E-state index contributed by atoms with van der Waals surface area (Å²) in [5.74, 6) is 1.04. The van der Waals surface area contributed by atoms with Crippen LogP contribution in [0.15, 0.2) is 48.7 Å². The number of fused-ring (bicyclic) bond motifs is 1. The van der Waals surface area contributed by atoms with E-state index in [2.05, 4.69) is 15.3 Å². The Bertz CT molecular complexity index is 1280. The van der Waals surface area contributed by atoms with E-state index >= 15 is 4.39 Å². The second kappa shape index (κ2) is 10.2. The van der Waals surface area contributed by atoms with E-state index in [0.717, 1.165) is 5.69 Å². The minimum absolute atomic E-state index is 0.0502. The first-order valence-electron chi connectivity index (χ1n) is 11.9. The van der Waals surface area contributed by atoms with Gasteiger partial charge in [-0.05, 0) is 55.7 Å². The third kappa shape index (κ3) is 5.00. The molecule has 0 saturated heterocycles. The summed E-state index contributed by atoms with van der Waals surface area (Å²) in [5, 5.41) is 23.8. The minimum Gasteiger partial charge on any atom is -0.497 e. The lowest BCUT2D eigenvalue weighted by atomic mass is 9.89. The van der Waals surface area contributed by atoms with E-state index in [1.54, 1.807) is 31.5 Å². The summed E-state index contributed by atoms with van der Waals surface area (Å²) >= 11 is 0. The van der Waals surface area contributed by atoms with Gasteiger partial charge in [0.05, 0.1) is 38.7 Å². The summed E-state index contributed by atoms with van der Waals surface area (Å²) in [6.45, 7) is 0.0502. The maximum atomic E-state index is 15.0. The summed E-state index contributed by atoms with van der Waals surface area (Å²) in [6, 6.07) is 10.5. The van der Waals surface area contributed by atoms with E-state index < -0.39 is 30.1 Å². The van der Waals surface area contributed by atoms with Crippen molar-refractivity contribution < 1.29 is 28.9 Å². The number of aliphatic hydroxyl groups is 2. The van der Waals surface area contributed by atoms with E-state index in [-0.39, 0.29) is 37.4 Å². The number of ether oxygens (including phenoxy) is 2. The predicted octanol–water partition coefficient (Wildman–Crippen LogP) is 3.60. The molecule has 2 aromatic carbocycles. The zero-order valence-corrected chi connectivity index (χ0v) is 20.5. The largest absolute Gasteiger partial charge is 0.497 e. The molecule has 0 radical (unpaired) electrons. The highest BCUT2D eigenvalue weighted by Gasteiger charge is 2.41. The first kappa shape index (κ1) is 24.7. The first-order valence-corrected chi connectivity index (χ1v) is 11.9. The monoisotopic (exact) mass is 509 g/mol. The molecule has 3 aromatic rings. The number of hydrogen-bond donors (Lipinski definition) is 3. The van der Waals surface area contributed by atoms with Crippen LogP contribution >= 0.6 is 0 Å². The number of nitrogens with one attached hydrogen (secondary N) is 1. The molecule has 2 heterocycles. The Kier molecular flexibility index (Phi) is 6.81. The van der Waals surface area contributed by atoms with Gasteiger partial charge in [-0.25, -0.2) is 14.2 Å². The summed E-state index contributed by atoms with van der Waals surface area (Å²) in [6.07, 6.45) is 0.779. The highest BCUT2D eigenvalue weighted by atomic mass is 19.1. The summed E-state index contributed by atoms with van der Waals surface area (Å²) in [4.78, 5) is 25.6. The highest BCUT2D eigenvalue weighted by Crippen LogP contribution is 2.37. The number of urea groups is 1. The van der Waals surface area contributed by atoms with Gasteiger partial charge in [-0.2, -0.15) is 4.98 Å². The number of aliphatic hydroxyl groups excluding tert-OH is 2. The average Bonchev–Trinajstić information content (AvgIpc) is 2.88. The van der Waals surface area contributed by atoms with Crippen molar-refractivity contribution in [2.75, 3.05) is 29.3 Å². The number of hydrogen-bond acceptors (Lipinski definition) is 8. The van der Waals surface area contributed by atoms with Crippen molar-refractivity contribution in [2.24, 2.45) is 0 Å². The van der Waals surface area contributed by atoms with Crippen LogP contribution in [0.5, 0.6) is 11.5 Å². The molecule has 10 nitrogen and oxygen atoms in total. The van der Waals surface area contributed by atoms with Crippen molar-refractivity contribution in [1.29, 1.82) is 0 Å². The quantitative estimate of drug-likeness (QED) is 0.461. The van der Waals surface area contributed by atoms with Crippen LogP contribution in [0, 0.1) is 5.82 Å². The van der Waals surface area contributed by atoms with Gasteiger partial charge in [-0.1, -0.05) is 0 Å². The van der Waals surface area contributed by atoms with Crippen LogP contribution in [0.1, 0.15) is 24.8 Å². The third-order valence-corrected chi connectivity index (χ3v) is 6.62. The standard InChI is InChI=1S/C26H28FN5O5/c1-36-20-5-3-16(4-6-20)29-25-28-13-15-14-31(23-8-7-21(37-2)12-22(23)27)26(35)32(24(15)30-25)17-9-18(33)11-19(34)10-17/h3-8,12-13,17-19,33-34H,9-11,14H2,1-2H3,(H,28,29,30). The van der Waals surface area contributed by atoms with E-state index in [1.807, 2.05) is 12.1 Å². The second-order valence-electron chi connectivity index (χ2n) is 9.12. The van der Waals surface area contributed by atoms with Crippen molar-refractivity contribution in [2.45, 2.75) is 44.1 Å². The van der Waals surface area contributed by atoms with Gasteiger partial charge in [0.25, 0.3) is 0 Å². The molecular formula is C26H28FN5O5. The Morgan fingerprint density at radius 3 is 2.32 bits per heavy atom. The number of benzene rings is 2. The number of carbonyl (C=O) groups is 1. The molecule has 2 aliphatic rings. The van der Waals surface area contributed by atoms with Gasteiger partial charge in [0.1, 0.15) is 17.3 Å². The van der Waals surface area contributed by atoms with E-state index in [1.165, 1.54) is 29.0 Å². The van der Waals surface area contributed by atoms with Crippen LogP contribution in [0.3, 0.4) is 0 Å². The lowest BCUT2D eigenvalue weighted by Gasteiger charge is -2.43. The fraction of sp³-hybridized carbons (Fsp3) is 0.346. The Morgan fingerprint density at radius 2 is 1.68 bits per heavy atom. The molecule has 1 fully saturated rings. The molecule has 1 aliphatic heterocycles. The van der Waals surface area contributed by atoms with Crippen LogP contribution in [0.2, 0.25) is 0 Å². The molecule has 2 atom stereocenters. The topological polar surface area (TPSA) is 120 Å². The molecule has 5 rings (SSSR count). The number of carbonyl (C=O) groups excluding carboxylic acids is 1. The maximum Gasteiger partial charge on any atom is 0.330 e. The molecule has 2 amide bonds. The molecule has 11 heteroatoms. The highest BCUT2D eigenvalue weighted by molar-refractivity contribution is 6.06. The minimum atomic E-state index is -0.781. The van der Waals surface area contributed by atoms with Gasteiger partial charge in [0.2, 0.25) is 5.95 Å². The number of anilines is 4. The van der Waals surface area contributed by atoms with Crippen molar-refractivity contribution in [3.05, 3.63) is 60.0 Å². The summed E-state index contributed by atoms with van der Waals surface area (Å²) in [7, 11) is 3.02. The predicted molar refractivity (Wildman–Crippen MR) is 135 cm³/mol. The van der Waals surface area contributed by atoms with Gasteiger partial charge < -0.3 is 25.0 Å². The van der Waals surface area contributed by atoms with E-state index in [9.17, 15) is 15.0 Å². The average molecular weight is 510 g/mol. The number of rotatable bonds is 6. The summed E-state index contributed by atoms with van der Waals surface area (Å²) < 4.78 is 25.3. The van der Waals surface area contributed by atoms with Gasteiger partial charge >= 0.3 is 6.03 Å². The fourth-order valence-electron chi connectivity index (χ4n) is 4.83. The molecule has 3 N–H and O–H groups in total. The molecule has 37 heavy (non-hydrogen) atoms. The number of methoxy groups -OCH3 is 2. The van der Waals surface area contributed by atoms with Crippen LogP contribution in [0.25, 0.3) is 0 Å². The first-order chi connectivity index (χ1) is 17.9. The number of halogens is 1. The lowest BCUT2D eigenvalue weighted by Crippen LogP contribution is -2.55. The van der Waals surface area contributed by atoms with Gasteiger partial charge in [-0.3, -0.25) is 9.80 Å². The molecule has 1 aromatic heterocycles. The second-order valence-corrected chi connectivity index (χ2v) is 9.12. The zero-order chi connectivity index (χ0) is 26.1. The molecule has 194 valence electrons. The Morgan fingerprint density at radius 1 is 1.00 bits per heavy atom. The SMILES string of the molecule is COc1ccc(Nc2ncc3c(n2)N(C2CC(O)CC(O)C2)C(=O)N(c2ccc(OC)cc2F)C3)cc1. The van der Waals surface area contributed by atoms with Crippen molar-refractivity contribution in [3.63, 3.8) is 0 Å². The molecule has 0 spiro atoms. The molecule has 2 unspecified atom stereocenters. The Balaban J connectivity index is 1.53. The van der Waals surface area contributed by atoms with E-state index in [4.69, 9.17) is 9.47 Å². The van der Waals surface area contributed by atoms with Gasteiger partial charge in [0.15, 0.2) is 5.82 Å². The van der Waals surface area contributed by atoms with Crippen LogP contribution < -0.4 is 24.6 Å². The number of aromatic nitrogens is 2. The summed E-state index contributed by atoms with van der Waals surface area (Å²) in [5.41, 5.74) is 1.41. The molecular weight excluding hydrogens is 481 g/mol. The van der Waals surface area contributed by atoms with Crippen molar-refractivity contribution in [3.8, 4) is 11.5 Å². The zero-order valence-electron chi connectivity index (χ0n) is 20.5. The Hall–Kier alpha value is -3.96. The van der Waals surface area contributed by atoms with Gasteiger partial charge in [-0.15, -0.1) is 0 Å². The fourth-order valence-corrected chi connectivity index (χ4v) is 4.83. The lowest BCUT2D eigenvalue weighted by molar-refractivity contribution is 0.0314. The maximum absolute atomic E-state index is 15.0. The molecule has 1 saturated carbocycles. The number of nitrogens with zero attached hydrogens (tertiary/aromatic N) is 4. The third-order valence-electron chi connectivity index (χ3n) is 6.62. The molecule has 1 aliphatic carbocycles. The van der Waals surface area contributed by atoms with Crippen molar-refractivity contribution >= 4 is 29.2 Å². The van der Waals surface area contributed by atoms with Crippen molar-refractivity contribution in [1.82, 2.24) is 9.97 Å². The van der Waals surface area contributed by atoms with Gasteiger partial charge in [0, 0.05) is 29.6 Å². The Labute approximate surface area is 213 Å². The van der Waals surface area contributed by atoms with Crippen LogP contribution in [-0.4, -0.2) is 58.7 Å². The normalized spacial score (nSPS) is 21.4. The van der Waals surface area contributed by atoms with Crippen LogP contribution in [0.4, 0.5) is 32.3 Å².